The van der Waals surface area contributed by atoms with Crippen molar-refractivity contribution in [1.29, 1.82) is 0 Å². The van der Waals surface area contributed by atoms with E-state index in [-0.39, 0.29) is 0 Å². The highest BCUT2D eigenvalue weighted by Gasteiger charge is 2.10. The van der Waals surface area contributed by atoms with Crippen LogP contribution in [0.5, 0.6) is 0 Å². The molecule has 4 nitrogen and oxygen atoms in total. The van der Waals surface area contributed by atoms with Crippen LogP contribution in [-0.2, 0) is 20.6 Å². The molecule has 2 heterocycles. The summed E-state index contributed by atoms with van der Waals surface area (Å²) in [5, 5.41) is 9.03. The molecule has 1 aromatic carbocycles. The van der Waals surface area contributed by atoms with Gasteiger partial charge in [-0.15, -0.1) is 0 Å². The molecule has 0 saturated carbocycles. The molecule has 98 valence electrons. The van der Waals surface area contributed by atoms with Crippen molar-refractivity contribution in [3.63, 3.8) is 0 Å². The van der Waals surface area contributed by atoms with Crippen LogP contribution in [0.1, 0.15) is 11.3 Å². The molecule has 0 saturated heterocycles. The standard InChI is InChI=1S/C15H18N4/c1-11-12-6-4-5-7-13(12)19(3)14(11)10-16-15-8-9-18(2)17-15/h4-9H,10H2,1-3H3,(H,16,17). The molecule has 1 N–H and O–H groups in total. The fourth-order valence-electron chi connectivity index (χ4n) is 2.57. The molecular formula is C15H18N4. The van der Waals surface area contributed by atoms with Crippen LogP contribution in [0.3, 0.4) is 0 Å². The van der Waals surface area contributed by atoms with Gasteiger partial charge in [-0.25, -0.2) is 0 Å². The number of hydrogen-bond donors (Lipinski definition) is 1. The molecule has 4 heteroatoms. The molecule has 0 atom stereocenters. The van der Waals surface area contributed by atoms with Gasteiger partial charge in [-0.2, -0.15) is 5.10 Å². The predicted molar refractivity (Wildman–Crippen MR) is 78.2 cm³/mol. The van der Waals surface area contributed by atoms with E-state index in [4.69, 9.17) is 0 Å². The molecule has 0 spiro atoms. The summed E-state index contributed by atoms with van der Waals surface area (Å²) >= 11 is 0. The van der Waals surface area contributed by atoms with Crippen LogP contribution in [-0.4, -0.2) is 14.3 Å². The van der Waals surface area contributed by atoms with E-state index in [9.17, 15) is 0 Å². The summed E-state index contributed by atoms with van der Waals surface area (Å²) in [6.45, 7) is 2.96. The zero-order chi connectivity index (χ0) is 13.4. The monoisotopic (exact) mass is 254 g/mol. The van der Waals surface area contributed by atoms with Gasteiger partial charge >= 0.3 is 0 Å². The fourth-order valence-corrected chi connectivity index (χ4v) is 2.57. The molecule has 0 aliphatic rings. The lowest BCUT2D eigenvalue weighted by molar-refractivity contribution is 0.766. The summed E-state index contributed by atoms with van der Waals surface area (Å²) in [5.74, 6) is 0.909. The molecule has 0 unspecified atom stereocenters. The normalized spacial score (nSPS) is 11.1. The second-order valence-corrected chi connectivity index (χ2v) is 4.88. The quantitative estimate of drug-likeness (QED) is 0.780. The molecule has 0 aliphatic carbocycles. The van der Waals surface area contributed by atoms with E-state index in [1.807, 2.05) is 19.3 Å². The number of aryl methyl sites for hydroxylation is 3. The van der Waals surface area contributed by atoms with E-state index in [2.05, 4.69) is 53.2 Å². The van der Waals surface area contributed by atoms with Crippen molar-refractivity contribution >= 4 is 16.7 Å². The molecule has 0 radical (unpaired) electrons. The van der Waals surface area contributed by atoms with Gasteiger partial charge in [0.1, 0.15) is 5.82 Å². The van der Waals surface area contributed by atoms with Crippen LogP contribution >= 0.6 is 0 Å². The fraction of sp³-hybridized carbons (Fsp3) is 0.267. The Hall–Kier alpha value is -2.23. The highest BCUT2D eigenvalue weighted by Crippen LogP contribution is 2.24. The van der Waals surface area contributed by atoms with Crippen molar-refractivity contribution in [1.82, 2.24) is 14.3 Å². The molecule has 2 aromatic heterocycles. The number of benzene rings is 1. The smallest absolute Gasteiger partial charge is 0.148 e. The average Bonchev–Trinajstić information content (AvgIpc) is 2.93. The molecule has 3 aromatic rings. The predicted octanol–water partition coefficient (Wildman–Crippen LogP) is 2.83. The van der Waals surface area contributed by atoms with Gasteiger partial charge in [0.05, 0.1) is 6.54 Å². The first-order valence-corrected chi connectivity index (χ1v) is 6.43. The number of hydrogen-bond acceptors (Lipinski definition) is 2. The van der Waals surface area contributed by atoms with E-state index in [0.29, 0.717) is 0 Å². The summed E-state index contributed by atoms with van der Waals surface area (Å²) in [7, 11) is 4.04. The Kier molecular flexibility index (Phi) is 2.78. The van der Waals surface area contributed by atoms with Gasteiger partial charge in [0.15, 0.2) is 0 Å². The summed E-state index contributed by atoms with van der Waals surface area (Å²) in [4.78, 5) is 0. The number of para-hydroxylation sites is 1. The minimum Gasteiger partial charge on any atom is -0.363 e. The Labute approximate surface area is 112 Å². The maximum atomic E-state index is 4.34. The van der Waals surface area contributed by atoms with Gasteiger partial charge in [-0.1, -0.05) is 18.2 Å². The number of fused-ring (bicyclic) bond motifs is 1. The number of rotatable bonds is 3. The number of aromatic nitrogens is 3. The second-order valence-electron chi connectivity index (χ2n) is 4.88. The second kappa shape index (κ2) is 4.46. The minimum atomic E-state index is 0.786. The number of nitrogens with one attached hydrogen (secondary N) is 1. The Morgan fingerprint density at radius 1 is 1.16 bits per heavy atom. The van der Waals surface area contributed by atoms with Crippen molar-refractivity contribution in [3.05, 3.63) is 47.8 Å². The third-order valence-corrected chi connectivity index (χ3v) is 3.66. The Balaban J connectivity index is 1.92. The van der Waals surface area contributed by atoms with Crippen molar-refractivity contribution in [2.75, 3.05) is 5.32 Å². The molecule has 0 aliphatic heterocycles. The molecular weight excluding hydrogens is 236 g/mol. The summed E-state index contributed by atoms with van der Waals surface area (Å²) in [5.41, 5.74) is 3.91. The molecule has 0 amide bonds. The van der Waals surface area contributed by atoms with Gasteiger partial charge in [-0.05, 0) is 18.6 Å². The van der Waals surface area contributed by atoms with Crippen LogP contribution in [0.25, 0.3) is 10.9 Å². The largest absolute Gasteiger partial charge is 0.363 e. The lowest BCUT2D eigenvalue weighted by Gasteiger charge is -2.07. The van der Waals surface area contributed by atoms with Crippen LogP contribution in [0.2, 0.25) is 0 Å². The minimum absolute atomic E-state index is 0.786. The number of anilines is 1. The highest BCUT2D eigenvalue weighted by molar-refractivity contribution is 5.85. The van der Waals surface area contributed by atoms with E-state index in [1.165, 1.54) is 22.2 Å². The maximum Gasteiger partial charge on any atom is 0.148 e. The topological polar surface area (TPSA) is 34.8 Å². The zero-order valence-corrected chi connectivity index (χ0v) is 11.5. The van der Waals surface area contributed by atoms with Gasteiger partial charge < -0.3 is 9.88 Å². The first kappa shape index (κ1) is 11.8. The van der Waals surface area contributed by atoms with Crippen LogP contribution in [0, 0.1) is 6.92 Å². The third kappa shape index (κ3) is 1.99. The summed E-state index contributed by atoms with van der Waals surface area (Å²) < 4.78 is 4.05. The van der Waals surface area contributed by atoms with E-state index in [0.717, 1.165) is 12.4 Å². The van der Waals surface area contributed by atoms with Gasteiger partial charge in [0, 0.05) is 43.0 Å². The van der Waals surface area contributed by atoms with Gasteiger partial charge in [0.25, 0.3) is 0 Å². The molecule has 3 rings (SSSR count). The van der Waals surface area contributed by atoms with Crippen molar-refractivity contribution in [3.8, 4) is 0 Å². The van der Waals surface area contributed by atoms with E-state index in [1.54, 1.807) is 4.68 Å². The van der Waals surface area contributed by atoms with E-state index < -0.39 is 0 Å². The zero-order valence-electron chi connectivity index (χ0n) is 11.5. The first-order valence-electron chi connectivity index (χ1n) is 6.43. The SMILES string of the molecule is Cc1c(CNc2ccn(C)n2)n(C)c2ccccc12. The van der Waals surface area contributed by atoms with Crippen molar-refractivity contribution < 1.29 is 0 Å². The summed E-state index contributed by atoms with van der Waals surface area (Å²) in [6.07, 6.45) is 1.94. The maximum absolute atomic E-state index is 4.34. The Bertz CT molecular complexity index is 682. The van der Waals surface area contributed by atoms with Crippen LogP contribution < -0.4 is 5.32 Å². The molecule has 19 heavy (non-hydrogen) atoms. The Morgan fingerprint density at radius 2 is 1.95 bits per heavy atom. The summed E-state index contributed by atoms with van der Waals surface area (Å²) in [6, 6.07) is 10.5. The van der Waals surface area contributed by atoms with Gasteiger partial charge in [-0.3, -0.25) is 4.68 Å². The van der Waals surface area contributed by atoms with Crippen molar-refractivity contribution in [2.24, 2.45) is 14.1 Å². The van der Waals surface area contributed by atoms with Crippen LogP contribution in [0.4, 0.5) is 5.82 Å². The Morgan fingerprint density at radius 3 is 2.63 bits per heavy atom. The highest BCUT2D eigenvalue weighted by atomic mass is 15.3. The van der Waals surface area contributed by atoms with E-state index >= 15 is 0 Å². The molecule has 0 bridgehead atoms. The average molecular weight is 254 g/mol. The number of nitrogens with zero attached hydrogens (tertiary/aromatic N) is 3. The lowest BCUT2D eigenvalue weighted by Crippen LogP contribution is -2.06. The third-order valence-electron chi connectivity index (χ3n) is 3.66. The van der Waals surface area contributed by atoms with Crippen molar-refractivity contribution in [2.45, 2.75) is 13.5 Å². The molecule has 0 fully saturated rings. The van der Waals surface area contributed by atoms with Gasteiger partial charge in [0.2, 0.25) is 0 Å². The van der Waals surface area contributed by atoms with Crippen LogP contribution in [0.15, 0.2) is 36.5 Å². The lowest BCUT2D eigenvalue weighted by atomic mass is 10.1. The first-order chi connectivity index (χ1) is 9.16.